The van der Waals surface area contributed by atoms with Crippen molar-refractivity contribution in [2.75, 3.05) is 6.61 Å². The molecule has 0 bridgehead atoms. The number of fused-ring (bicyclic) bond motifs is 1. The molecule has 2 nitrogen and oxygen atoms in total. The summed E-state index contributed by atoms with van der Waals surface area (Å²) in [5.74, 6) is 3.92. The zero-order chi connectivity index (χ0) is 20.6. The van der Waals surface area contributed by atoms with Crippen LogP contribution in [0.3, 0.4) is 0 Å². The Morgan fingerprint density at radius 1 is 1.19 bits per heavy atom. The van der Waals surface area contributed by atoms with Gasteiger partial charge in [0.05, 0.1) is 18.3 Å². The summed E-state index contributed by atoms with van der Waals surface area (Å²) in [7, 11) is -1.86. The molecule has 3 heteroatoms. The van der Waals surface area contributed by atoms with Crippen molar-refractivity contribution in [1.82, 2.24) is 0 Å². The molecular weight excluding hydrogens is 348 g/mol. The van der Waals surface area contributed by atoms with E-state index in [-0.39, 0.29) is 23.2 Å². The van der Waals surface area contributed by atoms with Crippen molar-refractivity contribution >= 4 is 13.9 Å². The molecule has 0 aromatic heterocycles. The first-order valence-electron chi connectivity index (χ1n) is 10.5. The van der Waals surface area contributed by atoms with E-state index in [4.69, 9.17) is 4.74 Å². The standard InChI is InChI=1S/C24H38O2Si/c1-10-12-24(8,9)23-22-19(15-26-23)14-21(25)20(22)11-13-27(16(2)3,17(4)5)18(6)7/h10,16-19,23H,1,12,14-15H2,2-9H3/t19-,23-/m0/s1. The molecule has 1 aliphatic carbocycles. The van der Waals surface area contributed by atoms with E-state index in [0.29, 0.717) is 29.7 Å². The smallest absolute Gasteiger partial charge is 0.171 e. The number of ketones is 1. The first-order valence-corrected chi connectivity index (χ1v) is 12.7. The van der Waals surface area contributed by atoms with Gasteiger partial charge in [0.2, 0.25) is 0 Å². The summed E-state index contributed by atoms with van der Waals surface area (Å²) in [4.78, 5) is 12.8. The second-order valence-corrected chi connectivity index (χ2v) is 15.6. The molecule has 1 aliphatic heterocycles. The number of hydrogen-bond donors (Lipinski definition) is 0. The molecule has 27 heavy (non-hydrogen) atoms. The molecule has 0 aromatic rings. The van der Waals surface area contributed by atoms with Gasteiger partial charge < -0.3 is 4.74 Å². The third-order valence-electron chi connectivity index (χ3n) is 6.84. The van der Waals surface area contributed by atoms with E-state index in [9.17, 15) is 4.79 Å². The Balaban J connectivity index is 2.56. The van der Waals surface area contributed by atoms with Crippen molar-refractivity contribution < 1.29 is 9.53 Å². The topological polar surface area (TPSA) is 26.3 Å². The Kier molecular flexibility index (Phi) is 6.65. The summed E-state index contributed by atoms with van der Waals surface area (Å²) in [6.07, 6.45) is 3.36. The number of ether oxygens (including phenoxy) is 1. The normalized spacial score (nSPS) is 23.3. The zero-order valence-corrected chi connectivity index (χ0v) is 19.6. The van der Waals surface area contributed by atoms with E-state index in [1.54, 1.807) is 0 Å². The molecule has 0 unspecified atom stereocenters. The fraction of sp³-hybridized carbons (Fsp3) is 0.708. The van der Waals surface area contributed by atoms with Gasteiger partial charge >= 0.3 is 0 Å². The van der Waals surface area contributed by atoms with Gasteiger partial charge in [-0.3, -0.25) is 4.79 Å². The first-order chi connectivity index (χ1) is 12.5. The van der Waals surface area contributed by atoms with E-state index in [0.717, 1.165) is 12.0 Å². The molecule has 0 aromatic carbocycles. The number of carbonyl (C=O) groups excluding carboxylic acids is 1. The minimum atomic E-state index is -1.86. The Morgan fingerprint density at radius 2 is 1.74 bits per heavy atom. The second-order valence-electron chi connectivity index (χ2n) is 10.00. The molecule has 150 valence electrons. The molecule has 0 N–H and O–H groups in total. The van der Waals surface area contributed by atoms with Crippen molar-refractivity contribution in [2.24, 2.45) is 11.3 Å². The van der Waals surface area contributed by atoms with Crippen LogP contribution in [0.25, 0.3) is 0 Å². The highest BCUT2D eigenvalue weighted by atomic mass is 28.3. The van der Waals surface area contributed by atoms with Crippen LogP contribution in [0.5, 0.6) is 0 Å². The molecule has 0 radical (unpaired) electrons. The van der Waals surface area contributed by atoms with Crippen LogP contribution in [-0.4, -0.2) is 26.6 Å². The molecule has 0 saturated carbocycles. The maximum atomic E-state index is 12.8. The third kappa shape index (κ3) is 3.89. The Hall–Kier alpha value is -1.11. The van der Waals surface area contributed by atoms with Crippen LogP contribution in [0.15, 0.2) is 23.8 Å². The number of allylic oxidation sites excluding steroid dienone is 2. The molecular formula is C24H38O2Si. The number of Topliss-reactive ketones (excluding diaryl/α,β-unsaturated/α-hetero) is 1. The van der Waals surface area contributed by atoms with E-state index in [1.165, 1.54) is 5.57 Å². The lowest BCUT2D eigenvalue weighted by Gasteiger charge is -2.38. The van der Waals surface area contributed by atoms with Gasteiger partial charge in [-0.25, -0.2) is 0 Å². The SMILES string of the molecule is C=CCC(C)(C)[C@H]1OC[C@@H]2CC(=O)C(C#C[Si](C(C)C)(C(C)C)C(C)C)=C21. The van der Waals surface area contributed by atoms with Crippen molar-refractivity contribution in [3.05, 3.63) is 23.8 Å². The van der Waals surface area contributed by atoms with E-state index in [1.807, 2.05) is 6.08 Å². The average Bonchev–Trinajstić information content (AvgIpc) is 3.06. The number of rotatable bonds is 6. The predicted octanol–water partition coefficient (Wildman–Crippen LogP) is 6.09. The first kappa shape index (κ1) is 22.2. The highest BCUT2D eigenvalue weighted by molar-refractivity contribution is 6.90. The van der Waals surface area contributed by atoms with E-state index in [2.05, 4.69) is 73.4 Å². The van der Waals surface area contributed by atoms with Crippen LogP contribution in [0.4, 0.5) is 0 Å². The van der Waals surface area contributed by atoms with Gasteiger partial charge in [-0.15, -0.1) is 12.1 Å². The summed E-state index contributed by atoms with van der Waals surface area (Å²) in [6, 6.07) is 0. The quantitative estimate of drug-likeness (QED) is 0.313. The van der Waals surface area contributed by atoms with Gasteiger partial charge in [0.15, 0.2) is 5.78 Å². The van der Waals surface area contributed by atoms with Gasteiger partial charge in [0, 0.05) is 12.3 Å². The second kappa shape index (κ2) is 8.09. The van der Waals surface area contributed by atoms with Gasteiger partial charge in [-0.05, 0) is 34.0 Å². The largest absolute Gasteiger partial charge is 0.373 e. The maximum Gasteiger partial charge on any atom is 0.171 e. The summed E-state index contributed by atoms with van der Waals surface area (Å²) >= 11 is 0. The van der Waals surface area contributed by atoms with Gasteiger partial charge in [-0.2, -0.15) is 0 Å². The molecule has 0 spiro atoms. The van der Waals surface area contributed by atoms with Gasteiger partial charge in [-0.1, -0.05) is 67.4 Å². The van der Waals surface area contributed by atoms with E-state index >= 15 is 0 Å². The Labute approximate surface area is 167 Å². The zero-order valence-electron chi connectivity index (χ0n) is 18.6. The van der Waals surface area contributed by atoms with E-state index < -0.39 is 8.07 Å². The molecule has 1 heterocycles. The van der Waals surface area contributed by atoms with Crippen LogP contribution in [0.1, 0.15) is 68.2 Å². The highest BCUT2D eigenvalue weighted by Gasteiger charge is 2.47. The van der Waals surface area contributed by atoms with Gasteiger partial charge in [0.1, 0.15) is 8.07 Å². The minimum absolute atomic E-state index is 0.0236. The molecule has 1 saturated heterocycles. The molecule has 0 amide bonds. The van der Waals surface area contributed by atoms with Crippen molar-refractivity contribution in [3.8, 4) is 11.5 Å². The summed E-state index contributed by atoms with van der Waals surface area (Å²) in [5.41, 5.74) is 7.34. The summed E-state index contributed by atoms with van der Waals surface area (Å²) in [5, 5.41) is 0. The van der Waals surface area contributed by atoms with Crippen molar-refractivity contribution in [3.63, 3.8) is 0 Å². The van der Waals surface area contributed by atoms with Crippen LogP contribution < -0.4 is 0 Å². The monoisotopic (exact) mass is 386 g/mol. The van der Waals surface area contributed by atoms with Gasteiger partial charge in [0.25, 0.3) is 0 Å². The Bertz CT molecular complexity index is 663. The third-order valence-corrected chi connectivity index (χ3v) is 13.1. The molecule has 1 fully saturated rings. The minimum Gasteiger partial charge on any atom is -0.373 e. The Morgan fingerprint density at radius 3 is 2.22 bits per heavy atom. The average molecular weight is 387 g/mol. The highest BCUT2D eigenvalue weighted by Crippen LogP contribution is 2.47. The molecule has 2 rings (SSSR count). The van der Waals surface area contributed by atoms with Crippen LogP contribution in [0.2, 0.25) is 16.6 Å². The predicted molar refractivity (Wildman–Crippen MR) is 117 cm³/mol. The fourth-order valence-corrected chi connectivity index (χ4v) is 10.7. The molecule has 2 aliphatic rings. The maximum absolute atomic E-state index is 12.8. The lowest BCUT2D eigenvalue weighted by Crippen LogP contribution is -2.43. The van der Waals surface area contributed by atoms with Crippen molar-refractivity contribution in [2.45, 2.75) is 91.0 Å². The summed E-state index contributed by atoms with van der Waals surface area (Å²) in [6.45, 7) is 22.8. The van der Waals surface area contributed by atoms with Crippen molar-refractivity contribution in [1.29, 1.82) is 0 Å². The number of hydrogen-bond acceptors (Lipinski definition) is 2. The van der Waals surface area contributed by atoms with Crippen LogP contribution in [0, 0.1) is 22.8 Å². The van der Waals surface area contributed by atoms with Crippen LogP contribution in [-0.2, 0) is 9.53 Å². The van der Waals surface area contributed by atoms with Crippen LogP contribution >= 0.6 is 0 Å². The lowest BCUT2D eigenvalue weighted by molar-refractivity contribution is -0.115. The number of carbonyl (C=O) groups is 1. The molecule has 2 atom stereocenters. The fourth-order valence-electron chi connectivity index (χ4n) is 5.47. The summed E-state index contributed by atoms with van der Waals surface area (Å²) < 4.78 is 6.18. The lowest BCUT2D eigenvalue weighted by atomic mass is 9.78.